The maximum Gasteiger partial charge on any atom is 0.419 e. The molecular formula is C14H19F4N. The summed E-state index contributed by atoms with van der Waals surface area (Å²) in [7, 11) is 1.69. The summed E-state index contributed by atoms with van der Waals surface area (Å²) in [5, 5.41) is 2.98. The van der Waals surface area contributed by atoms with Crippen LogP contribution in [0.3, 0.4) is 0 Å². The van der Waals surface area contributed by atoms with Crippen LogP contribution in [-0.4, -0.2) is 7.05 Å². The van der Waals surface area contributed by atoms with E-state index in [4.69, 9.17) is 0 Å². The molecule has 0 saturated carbocycles. The normalized spacial score (nSPS) is 14.5. The second-order valence-electron chi connectivity index (χ2n) is 5.84. The first-order valence-electron chi connectivity index (χ1n) is 6.08. The molecule has 0 saturated heterocycles. The van der Waals surface area contributed by atoms with E-state index >= 15 is 0 Å². The van der Waals surface area contributed by atoms with Gasteiger partial charge in [0.25, 0.3) is 0 Å². The van der Waals surface area contributed by atoms with Crippen molar-refractivity contribution in [3.05, 3.63) is 35.1 Å². The second-order valence-corrected chi connectivity index (χ2v) is 5.84. The Kier molecular flexibility index (Phi) is 4.61. The summed E-state index contributed by atoms with van der Waals surface area (Å²) in [5.41, 5.74) is -0.800. The molecule has 1 atom stereocenters. The van der Waals surface area contributed by atoms with Gasteiger partial charge in [-0.25, -0.2) is 4.39 Å². The van der Waals surface area contributed by atoms with Gasteiger partial charge in [0.05, 0.1) is 5.56 Å². The fourth-order valence-electron chi connectivity index (χ4n) is 1.98. The second kappa shape index (κ2) is 5.49. The van der Waals surface area contributed by atoms with Crippen LogP contribution in [-0.2, 0) is 6.18 Å². The lowest BCUT2D eigenvalue weighted by Gasteiger charge is -2.26. The maximum atomic E-state index is 13.2. The van der Waals surface area contributed by atoms with E-state index in [1.54, 1.807) is 7.05 Å². The number of hydrogen-bond acceptors (Lipinski definition) is 1. The fraction of sp³-hybridized carbons (Fsp3) is 0.571. The lowest BCUT2D eigenvalue weighted by atomic mass is 9.85. The molecule has 1 aromatic carbocycles. The Labute approximate surface area is 111 Å². The zero-order valence-corrected chi connectivity index (χ0v) is 11.5. The molecule has 1 rings (SSSR count). The van der Waals surface area contributed by atoms with Crippen molar-refractivity contribution in [3.63, 3.8) is 0 Å². The van der Waals surface area contributed by atoms with Crippen molar-refractivity contribution in [1.82, 2.24) is 5.32 Å². The number of hydrogen-bond donors (Lipinski definition) is 1. The smallest absolute Gasteiger partial charge is 0.313 e. The van der Waals surface area contributed by atoms with Crippen LogP contribution < -0.4 is 5.32 Å². The van der Waals surface area contributed by atoms with Crippen LogP contribution in [0.4, 0.5) is 17.6 Å². The van der Waals surface area contributed by atoms with Gasteiger partial charge in [-0.05, 0) is 36.6 Å². The standard InChI is InChI=1S/C14H19F4N/c1-13(2,3)8-12(19-4)9-5-6-11(15)10(7-9)14(16,17)18/h5-7,12,19H,8H2,1-4H3. The van der Waals surface area contributed by atoms with Gasteiger partial charge in [-0.15, -0.1) is 0 Å². The van der Waals surface area contributed by atoms with Crippen molar-refractivity contribution in [2.45, 2.75) is 39.4 Å². The van der Waals surface area contributed by atoms with Gasteiger partial charge < -0.3 is 5.32 Å². The van der Waals surface area contributed by atoms with E-state index in [9.17, 15) is 17.6 Å². The molecule has 0 heterocycles. The van der Waals surface area contributed by atoms with Gasteiger partial charge in [-0.2, -0.15) is 13.2 Å². The molecule has 1 unspecified atom stereocenters. The van der Waals surface area contributed by atoms with Crippen molar-refractivity contribution in [2.24, 2.45) is 5.41 Å². The molecule has 0 aliphatic rings. The summed E-state index contributed by atoms with van der Waals surface area (Å²) >= 11 is 0. The van der Waals surface area contributed by atoms with Gasteiger partial charge in [0.15, 0.2) is 0 Å². The minimum absolute atomic E-state index is 0.0412. The van der Waals surface area contributed by atoms with Crippen LogP contribution in [0.5, 0.6) is 0 Å². The zero-order chi connectivity index (χ0) is 14.8. The molecule has 0 bridgehead atoms. The van der Waals surface area contributed by atoms with E-state index in [-0.39, 0.29) is 11.5 Å². The first kappa shape index (κ1) is 16.0. The Hall–Kier alpha value is -1.10. The molecule has 0 spiro atoms. The molecule has 1 nitrogen and oxygen atoms in total. The van der Waals surface area contributed by atoms with Gasteiger partial charge in [-0.3, -0.25) is 0 Å². The van der Waals surface area contributed by atoms with E-state index in [2.05, 4.69) is 5.32 Å². The van der Waals surface area contributed by atoms with Crippen molar-refractivity contribution < 1.29 is 17.6 Å². The van der Waals surface area contributed by atoms with E-state index in [1.165, 1.54) is 6.07 Å². The third-order valence-electron chi connectivity index (χ3n) is 2.86. The van der Waals surface area contributed by atoms with E-state index in [0.29, 0.717) is 12.0 Å². The average Bonchev–Trinajstić information content (AvgIpc) is 2.24. The van der Waals surface area contributed by atoms with Crippen LogP contribution in [0.25, 0.3) is 0 Å². The summed E-state index contributed by atoms with van der Waals surface area (Å²) in [5.74, 6) is -1.23. The highest BCUT2D eigenvalue weighted by Gasteiger charge is 2.34. The molecular weight excluding hydrogens is 258 g/mol. The SMILES string of the molecule is CNC(CC(C)(C)C)c1ccc(F)c(C(F)(F)F)c1. The maximum absolute atomic E-state index is 13.2. The monoisotopic (exact) mass is 277 g/mol. The van der Waals surface area contributed by atoms with Crippen LogP contribution in [0.2, 0.25) is 0 Å². The summed E-state index contributed by atoms with van der Waals surface area (Å²) in [6.07, 6.45) is -4.01. The lowest BCUT2D eigenvalue weighted by Crippen LogP contribution is -2.23. The molecule has 0 aliphatic heterocycles. The van der Waals surface area contributed by atoms with Gasteiger partial charge in [-0.1, -0.05) is 26.8 Å². The summed E-state index contributed by atoms with van der Waals surface area (Å²) in [6, 6.07) is 2.94. The fourth-order valence-corrected chi connectivity index (χ4v) is 1.98. The molecule has 108 valence electrons. The Bertz CT molecular complexity index is 432. The Balaban J connectivity index is 3.13. The highest BCUT2D eigenvalue weighted by molar-refractivity contribution is 5.29. The van der Waals surface area contributed by atoms with Crippen molar-refractivity contribution in [1.29, 1.82) is 0 Å². The van der Waals surface area contributed by atoms with Gasteiger partial charge >= 0.3 is 6.18 Å². The summed E-state index contributed by atoms with van der Waals surface area (Å²) in [6.45, 7) is 6.02. The van der Waals surface area contributed by atoms with Crippen LogP contribution in [0.15, 0.2) is 18.2 Å². The highest BCUT2D eigenvalue weighted by atomic mass is 19.4. The first-order valence-corrected chi connectivity index (χ1v) is 6.08. The number of rotatable bonds is 3. The number of benzene rings is 1. The van der Waals surface area contributed by atoms with Crippen LogP contribution in [0, 0.1) is 11.2 Å². The molecule has 0 aliphatic carbocycles. The van der Waals surface area contributed by atoms with E-state index in [1.807, 2.05) is 20.8 Å². The summed E-state index contributed by atoms with van der Waals surface area (Å²) < 4.78 is 51.3. The highest BCUT2D eigenvalue weighted by Crippen LogP contribution is 2.35. The summed E-state index contributed by atoms with van der Waals surface area (Å²) in [4.78, 5) is 0. The zero-order valence-electron chi connectivity index (χ0n) is 11.5. The van der Waals surface area contributed by atoms with Gasteiger partial charge in [0, 0.05) is 6.04 Å². The third kappa shape index (κ3) is 4.49. The molecule has 1 N–H and O–H groups in total. The predicted molar refractivity (Wildman–Crippen MR) is 67.3 cm³/mol. The number of halogens is 4. The van der Waals surface area contributed by atoms with Gasteiger partial charge in [0.2, 0.25) is 0 Å². The Morgan fingerprint density at radius 3 is 2.16 bits per heavy atom. The largest absolute Gasteiger partial charge is 0.419 e. The minimum Gasteiger partial charge on any atom is -0.313 e. The van der Waals surface area contributed by atoms with Crippen LogP contribution >= 0.6 is 0 Å². The lowest BCUT2D eigenvalue weighted by molar-refractivity contribution is -0.140. The van der Waals surface area contributed by atoms with Crippen molar-refractivity contribution in [3.8, 4) is 0 Å². The quantitative estimate of drug-likeness (QED) is 0.800. The minimum atomic E-state index is -4.67. The average molecular weight is 277 g/mol. The molecule has 0 fully saturated rings. The predicted octanol–water partition coefficient (Wildman–Crippen LogP) is 4.54. The molecule has 0 aromatic heterocycles. The van der Waals surface area contributed by atoms with E-state index < -0.39 is 17.6 Å². The number of nitrogens with one attached hydrogen (secondary N) is 1. The topological polar surface area (TPSA) is 12.0 Å². The molecule has 19 heavy (non-hydrogen) atoms. The van der Waals surface area contributed by atoms with Crippen molar-refractivity contribution >= 4 is 0 Å². The third-order valence-corrected chi connectivity index (χ3v) is 2.86. The van der Waals surface area contributed by atoms with Crippen LogP contribution in [0.1, 0.15) is 44.4 Å². The molecule has 0 radical (unpaired) electrons. The van der Waals surface area contributed by atoms with E-state index in [0.717, 1.165) is 12.1 Å². The van der Waals surface area contributed by atoms with Gasteiger partial charge in [0.1, 0.15) is 5.82 Å². The molecule has 0 amide bonds. The van der Waals surface area contributed by atoms with Crippen molar-refractivity contribution in [2.75, 3.05) is 7.05 Å². The number of alkyl halides is 3. The Morgan fingerprint density at radius 2 is 1.74 bits per heavy atom. The Morgan fingerprint density at radius 1 is 1.16 bits per heavy atom. The molecule has 5 heteroatoms. The first-order chi connectivity index (χ1) is 8.54. The molecule has 1 aromatic rings.